The molecule has 4 aromatic rings. The number of carbonyl (C=O) groups excluding carboxylic acids is 1. The number of benzene rings is 2. The summed E-state index contributed by atoms with van der Waals surface area (Å²) in [5, 5.41) is 13.7. The third kappa shape index (κ3) is 5.52. The zero-order valence-corrected chi connectivity index (χ0v) is 19.0. The summed E-state index contributed by atoms with van der Waals surface area (Å²) in [6.07, 6.45) is 6.85. The summed E-state index contributed by atoms with van der Waals surface area (Å²) in [6.45, 7) is 3.47. The fourth-order valence-electron chi connectivity index (χ4n) is 3.46. The van der Waals surface area contributed by atoms with Gasteiger partial charge in [-0.3, -0.25) is 9.78 Å². The standard InChI is InChI=1S/C28H25N3O3/c1-19(2)34-27-12-11-20(9-10-21-6-5-13-29-16-21)14-25(27)28(33)31-23(18-32)15-22-17-30-26-8-4-3-7-24(22)26/h3-8,11-17,19,30,32H,18H2,1-2H3,(H,31,33)/b23-15+. The summed E-state index contributed by atoms with van der Waals surface area (Å²) in [5.41, 5.74) is 4.00. The van der Waals surface area contributed by atoms with Gasteiger partial charge in [-0.05, 0) is 56.3 Å². The van der Waals surface area contributed by atoms with Gasteiger partial charge in [0, 0.05) is 51.9 Å². The maximum Gasteiger partial charge on any atom is 0.259 e. The van der Waals surface area contributed by atoms with Gasteiger partial charge in [-0.2, -0.15) is 0 Å². The van der Waals surface area contributed by atoms with Gasteiger partial charge in [0.1, 0.15) is 5.75 Å². The van der Waals surface area contributed by atoms with E-state index < -0.39 is 0 Å². The number of rotatable bonds is 6. The summed E-state index contributed by atoms with van der Waals surface area (Å²) < 4.78 is 5.86. The first-order valence-electron chi connectivity index (χ1n) is 10.9. The Balaban J connectivity index is 1.64. The molecule has 6 nitrogen and oxygen atoms in total. The number of aliphatic hydroxyl groups is 1. The number of pyridine rings is 1. The van der Waals surface area contributed by atoms with E-state index in [2.05, 4.69) is 27.1 Å². The van der Waals surface area contributed by atoms with Crippen molar-refractivity contribution in [2.24, 2.45) is 0 Å². The Morgan fingerprint density at radius 1 is 1.15 bits per heavy atom. The molecule has 4 rings (SSSR count). The lowest BCUT2D eigenvalue weighted by molar-refractivity contribution is 0.0954. The molecule has 1 amide bonds. The lowest BCUT2D eigenvalue weighted by Crippen LogP contribution is -2.25. The van der Waals surface area contributed by atoms with Crippen LogP contribution < -0.4 is 10.1 Å². The van der Waals surface area contributed by atoms with Gasteiger partial charge in [0.2, 0.25) is 0 Å². The molecule has 2 heterocycles. The minimum Gasteiger partial charge on any atom is -0.490 e. The molecule has 0 saturated heterocycles. The zero-order chi connectivity index (χ0) is 23.9. The van der Waals surface area contributed by atoms with Crippen LogP contribution >= 0.6 is 0 Å². The van der Waals surface area contributed by atoms with Gasteiger partial charge in [0.05, 0.1) is 18.3 Å². The van der Waals surface area contributed by atoms with Crippen molar-refractivity contribution in [3.8, 4) is 17.6 Å². The fraction of sp³-hybridized carbons (Fsp3) is 0.143. The molecule has 0 radical (unpaired) electrons. The molecule has 0 bridgehead atoms. The average molecular weight is 452 g/mol. The number of carbonyl (C=O) groups is 1. The number of nitrogens with zero attached hydrogens (tertiary/aromatic N) is 1. The van der Waals surface area contributed by atoms with Crippen LogP contribution in [0.4, 0.5) is 0 Å². The smallest absolute Gasteiger partial charge is 0.259 e. The predicted octanol–water partition coefficient (Wildman–Crippen LogP) is 4.51. The molecular formula is C28H25N3O3. The molecule has 0 saturated carbocycles. The number of hydrogen-bond acceptors (Lipinski definition) is 4. The zero-order valence-electron chi connectivity index (χ0n) is 19.0. The van der Waals surface area contributed by atoms with Crippen molar-refractivity contribution in [2.75, 3.05) is 6.61 Å². The number of aromatic nitrogens is 2. The van der Waals surface area contributed by atoms with E-state index >= 15 is 0 Å². The third-order valence-corrected chi connectivity index (χ3v) is 4.99. The topological polar surface area (TPSA) is 87.2 Å². The first-order valence-corrected chi connectivity index (χ1v) is 10.9. The second kappa shape index (κ2) is 10.5. The van der Waals surface area contributed by atoms with Crippen molar-refractivity contribution >= 4 is 22.9 Å². The van der Waals surface area contributed by atoms with E-state index in [0.717, 1.165) is 22.0 Å². The normalized spacial score (nSPS) is 11.2. The van der Waals surface area contributed by atoms with Crippen molar-refractivity contribution in [1.82, 2.24) is 15.3 Å². The molecule has 0 aliphatic carbocycles. The number of aliphatic hydroxyl groups excluding tert-OH is 1. The molecule has 0 atom stereocenters. The van der Waals surface area contributed by atoms with E-state index in [0.29, 0.717) is 22.6 Å². The van der Waals surface area contributed by atoms with Gasteiger partial charge in [-0.1, -0.05) is 30.0 Å². The van der Waals surface area contributed by atoms with Crippen LogP contribution in [0.15, 0.2) is 78.9 Å². The Morgan fingerprint density at radius 2 is 1.97 bits per heavy atom. The van der Waals surface area contributed by atoms with Crippen LogP contribution in [0, 0.1) is 11.8 Å². The quantitative estimate of drug-likeness (QED) is 0.377. The Morgan fingerprint density at radius 3 is 2.74 bits per heavy atom. The third-order valence-electron chi connectivity index (χ3n) is 4.99. The molecule has 170 valence electrons. The lowest BCUT2D eigenvalue weighted by Gasteiger charge is -2.15. The highest BCUT2D eigenvalue weighted by molar-refractivity contribution is 5.99. The van der Waals surface area contributed by atoms with Gasteiger partial charge in [0.15, 0.2) is 0 Å². The Bertz CT molecular complexity index is 1390. The average Bonchev–Trinajstić information content (AvgIpc) is 3.26. The highest BCUT2D eigenvalue weighted by Crippen LogP contribution is 2.23. The van der Waals surface area contributed by atoms with E-state index in [-0.39, 0.29) is 18.6 Å². The van der Waals surface area contributed by atoms with Crippen LogP contribution in [0.25, 0.3) is 17.0 Å². The number of fused-ring (bicyclic) bond motifs is 1. The molecule has 34 heavy (non-hydrogen) atoms. The van der Waals surface area contributed by atoms with Crippen molar-refractivity contribution in [3.05, 3.63) is 101 Å². The molecule has 0 aliphatic rings. The number of nitrogens with one attached hydrogen (secondary N) is 2. The molecule has 0 unspecified atom stereocenters. The Labute approximate surface area is 198 Å². The second-order valence-electron chi connectivity index (χ2n) is 7.94. The van der Waals surface area contributed by atoms with E-state index in [1.54, 1.807) is 30.6 Å². The number of para-hydroxylation sites is 1. The van der Waals surface area contributed by atoms with Crippen molar-refractivity contribution in [1.29, 1.82) is 0 Å². The van der Waals surface area contributed by atoms with E-state index in [1.807, 2.05) is 62.5 Å². The number of amides is 1. The van der Waals surface area contributed by atoms with Gasteiger partial charge < -0.3 is 20.1 Å². The number of H-pyrrole nitrogens is 1. The molecule has 2 aromatic carbocycles. The monoisotopic (exact) mass is 451 g/mol. The van der Waals surface area contributed by atoms with Crippen LogP contribution in [0.2, 0.25) is 0 Å². The highest BCUT2D eigenvalue weighted by Gasteiger charge is 2.16. The molecule has 0 spiro atoms. The highest BCUT2D eigenvalue weighted by atomic mass is 16.5. The summed E-state index contributed by atoms with van der Waals surface area (Å²) in [7, 11) is 0. The first-order chi connectivity index (χ1) is 16.5. The first kappa shape index (κ1) is 22.8. The van der Waals surface area contributed by atoms with Crippen molar-refractivity contribution in [2.45, 2.75) is 20.0 Å². The SMILES string of the molecule is CC(C)Oc1ccc(C#Cc2cccnc2)cc1C(=O)N/C(=C/c1c[nH]c2ccccc12)CO. The Kier molecular flexibility index (Phi) is 7.07. The summed E-state index contributed by atoms with van der Waals surface area (Å²) in [5.74, 6) is 6.17. The minimum atomic E-state index is -0.388. The van der Waals surface area contributed by atoms with E-state index in [1.165, 1.54) is 0 Å². The largest absolute Gasteiger partial charge is 0.490 e. The lowest BCUT2D eigenvalue weighted by atomic mass is 10.1. The van der Waals surface area contributed by atoms with Gasteiger partial charge in [-0.15, -0.1) is 0 Å². The second-order valence-corrected chi connectivity index (χ2v) is 7.94. The molecule has 0 fully saturated rings. The number of aromatic amines is 1. The molecule has 0 aliphatic heterocycles. The van der Waals surface area contributed by atoms with Gasteiger partial charge in [-0.25, -0.2) is 0 Å². The minimum absolute atomic E-state index is 0.113. The van der Waals surface area contributed by atoms with Crippen LogP contribution in [0.1, 0.15) is 40.9 Å². The summed E-state index contributed by atoms with van der Waals surface area (Å²) in [4.78, 5) is 20.5. The predicted molar refractivity (Wildman–Crippen MR) is 133 cm³/mol. The van der Waals surface area contributed by atoms with Crippen LogP contribution in [-0.2, 0) is 0 Å². The number of hydrogen-bond donors (Lipinski definition) is 3. The van der Waals surface area contributed by atoms with E-state index in [4.69, 9.17) is 4.74 Å². The maximum atomic E-state index is 13.2. The van der Waals surface area contributed by atoms with Gasteiger partial charge in [0.25, 0.3) is 5.91 Å². The summed E-state index contributed by atoms with van der Waals surface area (Å²) >= 11 is 0. The van der Waals surface area contributed by atoms with Crippen molar-refractivity contribution in [3.63, 3.8) is 0 Å². The van der Waals surface area contributed by atoms with Crippen LogP contribution in [-0.4, -0.2) is 33.7 Å². The van der Waals surface area contributed by atoms with Crippen LogP contribution in [0.5, 0.6) is 5.75 Å². The van der Waals surface area contributed by atoms with Gasteiger partial charge >= 0.3 is 0 Å². The Hall–Kier alpha value is -4.34. The number of ether oxygens (including phenoxy) is 1. The molecular weight excluding hydrogens is 426 g/mol. The van der Waals surface area contributed by atoms with Crippen LogP contribution in [0.3, 0.4) is 0 Å². The molecule has 6 heteroatoms. The molecule has 2 aromatic heterocycles. The van der Waals surface area contributed by atoms with Crippen molar-refractivity contribution < 1.29 is 14.6 Å². The molecule has 3 N–H and O–H groups in total. The van der Waals surface area contributed by atoms with E-state index in [9.17, 15) is 9.90 Å². The maximum absolute atomic E-state index is 13.2. The fourth-order valence-corrected chi connectivity index (χ4v) is 3.46. The summed E-state index contributed by atoms with van der Waals surface area (Å²) in [6, 6.07) is 16.8.